The Hall–Kier alpha value is -1.68. The first-order chi connectivity index (χ1) is 8.22. The molecule has 1 aromatic carbocycles. The monoisotopic (exact) mass is 246 g/mol. The van der Waals surface area contributed by atoms with Crippen LogP contribution in [0.4, 0.5) is 10.8 Å². The van der Waals surface area contributed by atoms with Crippen molar-refractivity contribution in [2.45, 2.75) is 13.8 Å². The van der Waals surface area contributed by atoms with Gasteiger partial charge in [0.05, 0.1) is 0 Å². The van der Waals surface area contributed by atoms with Crippen molar-refractivity contribution in [2.24, 2.45) is 0 Å². The fraction of sp³-hybridized carbons (Fsp3) is 0.231. The molecule has 4 heteroatoms. The standard InChI is InChI=1S/C13H14N2OS/c1-3-15(11-7-5-4-6-8-11)13-14-12(9-17-13)10(2)16/h4-9H,3H2,1-2H3. The summed E-state index contributed by atoms with van der Waals surface area (Å²) >= 11 is 1.50. The first-order valence-electron chi connectivity index (χ1n) is 5.51. The van der Waals surface area contributed by atoms with Crippen LogP contribution in [0.2, 0.25) is 0 Å². The van der Waals surface area contributed by atoms with Gasteiger partial charge in [0.2, 0.25) is 0 Å². The van der Waals surface area contributed by atoms with Gasteiger partial charge >= 0.3 is 0 Å². The maximum absolute atomic E-state index is 11.2. The van der Waals surface area contributed by atoms with Gasteiger partial charge in [-0.05, 0) is 19.1 Å². The number of ketones is 1. The lowest BCUT2D eigenvalue weighted by Gasteiger charge is -2.19. The maximum atomic E-state index is 11.2. The molecule has 0 atom stereocenters. The Morgan fingerprint density at radius 3 is 2.59 bits per heavy atom. The number of thiazole rings is 1. The number of carbonyl (C=O) groups is 1. The molecule has 0 amide bonds. The van der Waals surface area contributed by atoms with Crippen molar-refractivity contribution in [1.29, 1.82) is 0 Å². The number of Topliss-reactive ketones (excluding diaryl/α,β-unsaturated/α-hetero) is 1. The van der Waals surface area contributed by atoms with Crippen LogP contribution in [0, 0.1) is 0 Å². The summed E-state index contributed by atoms with van der Waals surface area (Å²) in [6.07, 6.45) is 0. The Morgan fingerprint density at radius 1 is 1.35 bits per heavy atom. The van der Waals surface area contributed by atoms with E-state index in [1.54, 1.807) is 0 Å². The van der Waals surface area contributed by atoms with Gasteiger partial charge in [0.1, 0.15) is 5.69 Å². The lowest BCUT2D eigenvalue weighted by molar-refractivity contribution is 0.101. The second-order valence-electron chi connectivity index (χ2n) is 3.65. The van der Waals surface area contributed by atoms with E-state index in [4.69, 9.17) is 0 Å². The Balaban J connectivity index is 2.32. The molecule has 0 saturated carbocycles. The zero-order valence-corrected chi connectivity index (χ0v) is 10.7. The van der Waals surface area contributed by atoms with E-state index in [0.717, 1.165) is 17.4 Å². The molecule has 0 N–H and O–H groups in total. The lowest BCUT2D eigenvalue weighted by atomic mass is 10.3. The molecule has 88 valence electrons. The van der Waals surface area contributed by atoms with Crippen molar-refractivity contribution in [1.82, 2.24) is 4.98 Å². The van der Waals surface area contributed by atoms with Crippen LogP contribution in [-0.4, -0.2) is 17.3 Å². The third kappa shape index (κ3) is 2.53. The maximum Gasteiger partial charge on any atom is 0.190 e. The molecule has 0 aliphatic heterocycles. The predicted octanol–water partition coefficient (Wildman–Crippen LogP) is 3.50. The molecule has 0 unspecified atom stereocenters. The summed E-state index contributed by atoms with van der Waals surface area (Å²) < 4.78 is 0. The highest BCUT2D eigenvalue weighted by atomic mass is 32.1. The second-order valence-corrected chi connectivity index (χ2v) is 4.49. The van der Waals surface area contributed by atoms with E-state index in [2.05, 4.69) is 16.8 Å². The lowest BCUT2D eigenvalue weighted by Crippen LogP contribution is -2.15. The number of hydrogen-bond donors (Lipinski definition) is 0. The number of hydrogen-bond acceptors (Lipinski definition) is 4. The fourth-order valence-electron chi connectivity index (χ4n) is 1.59. The van der Waals surface area contributed by atoms with Gasteiger partial charge in [0, 0.05) is 24.5 Å². The van der Waals surface area contributed by atoms with Crippen LogP contribution in [0.3, 0.4) is 0 Å². The van der Waals surface area contributed by atoms with E-state index in [0.29, 0.717) is 5.69 Å². The van der Waals surface area contributed by atoms with Crippen LogP contribution in [0.1, 0.15) is 24.3 Å². The summed E-state index contributed by atoms with van der Waals surface area (Å²) in [6, 6.07) is 10.1. The predicted molar refractivity (Wildman–Crippen MR) is 71.2 cm³/mol. The molecule has 0 spiro atoms. The van der Waals surface area contributed by atoms with Crippen molar-refractivity contribution in [3.63, 3.8) is 0 Å². The zero-order chi connectivity index (χ0) is 12.3. The molecule has 0 aliphatic carbocycles. The smallest absolute Gasteiger partial charge is 0.190 e. The number of nitrogens with zero attached hydrogens (tertiary/aromatic N) is 2. The quantitative estimate of drug-likeness (QED) is 0.774. The number of anilines is 2. The number of carbonyl (C=O) groups excluding carboxylic acids is 1. The van der Waals surface area contributed by atoms with Crippen molar-refractivity contribution < 1.29 is 4.79 Å². The van der Waals surface area contributed by atoms with Gasteiger partial charge in [-0.1, -0.05) is 18.2 Å². The number of para-hydroxylation sites is 1. The van der Waals surface area contributed by atoms with Crippen LogP contribution in [0.15, 0.2) is 35.7 Å². The Labute approximate surface area is 105 Å². The molecule has 1 aromatic heterocycles. The van der Waals surface area contributed by atoms with Crippen molar-refractivity contribution >= 4 is 27.9 Å². The van der Waals surface area contributed by atoms with Crippen molar-refractivity contribution in [3.8, 4) is 0 Å². The molecule has 2 aromatic rings. The summed E-state index contributed by atoms with van der Waals surface area (Å²) in [5, 5.41) is 2.67. The van der Waals surface area contributed by atoms with Crippen LogP contribution < -0.4 is 4.90 Å². The molecular weight excluding hydrogens is 232 g/mol. The van der Waals surface area contributed by atoms with Gasteiger partial charge in [-0.25, -0.2) is 4.98 Å². The van der Waals surface area contributed by atoms with Crippen molar-refractivity contribution in [2.75, 3.05) is 11.4 Å². The van der Waals surface area contributed by atoms with E-state index >= 15 is 0 Å². The van der Waals surface area contributed by atoms with Gasteiger partial charge in [-0.2, -0.15) is 0 Å². The molecule has 1 heterocycles. The van der Waals surface area contributed by atoms with E-state index in [9.17, 15) is 4.79 Å². The molecule has 0 radical (unpaired) electrons. The molecule has 3 nitrogen and oxygen atoms in total. The Kier molecular flexibility index (Phi) is 3.54. The topological polar surface area (TPSA) is 33.2 Å². The number of benzene rings is 1. The van der Waals surface area contributed by atoms with Gasteiger partial charge in [-0.15, -0.1) is 11.3 Å². The second kappa shape index (κ2) is 5.10. The third-order valence-electron chi connectivity index (χ3n) is 2.47. The number of aromatic nitrogens is 1. The van der Waals surface area contributed by atoms with Crippen molar-refractivity contribution in [3.05, 3.63) is 41.4 Å². The van der Waals surface area contributed by atoms with Crippen LogP contribution in [-0.2, 0) is 0 Å². The SMILES string of the molecule is CCN(c1ccccc1)c1nc(C(C)=O)cs1. The van der Waals surface area contributed by atoms with Gasteiger partial charge in [0.15, 0.2) is 10.9 Å². The molecule has 17 heavy (non-hydrogen) atoms. The summed E-state index contributed by atoms with van der Waals surface area (Å²) in [4.78, 5) is 17.7. The van der Waals surface area contributed by atoms with E-state index in [1.807, 2.05) is 35.7 Å². The fourth-order valence-corrected chi connectivity index (χ4v) is 2.53. The van der Waals surface area contributed by atoms with Gasteiger partial charge in [-0.3, -0.25) is 4.79 Å². The van der Waals surface area contributed by atoms with E-state index in [1.165, 1.54) is 18.3 Å². The zero-order valence-electron chi connectivity index (χ0n) is 9.88. The molecule has 0 saturated heterocycles. The Morgan fingerprint density at radius 2 is 2.06 bits per heavy atom. The van der Waals surface area contributed by atoms with Crippen LogP contribution in [0.5, 0.6) is 0 Å². The van der Waals surface area contributed by atoms with Crippen LogP contribution in [0.25, 0.3) is 0 Å². The average Bonchev–Trinajstić information content (AvgIpc) is 2.81. The number of rotatable bonds is 4. The highest BCUT2D eigenvalue weighted by molar-refractivity contribution is 7.14. The third-order valence-corrected chi connectivity index (χ3v) is 3.33. The minimum atomic E-state index is 0.0108. The largest absolute Gasteiger partial charge is 0.318 e. The minimum Gasteiger partial charge on any atom is -0.318 e. The van der Waals surface area contributed by atoms with E-state index in [-0.39, 0.29) is 5.78 Å². The molecule has 2 rings (SSSR count). The minimum absolute atomic E-state index is 0.0108. The summed E-state index contributed by atoms with van der Waals surface area (Å²) in [6.45, 7) is 4.44. The Bertz CT molecular complexity index is 507. The summed E-state index contributed by atoms with van der Waals surface area (Å²) in [7, 11) is 0. The molecular formula is C13H14N2OS. The molecule has 0 fully saturated rings. The highest BCUT2D eigenvalue weighted by Crippen LogP contribution is 2.28. The van der Waals surface area contributed by atoms with Crippen LogP contribution >= 0.6 is 11.3 Å². The first kappa shape index (κ1) is 11.8. The highest BCUT2D eigenvalue weighted by Gasteiger charge is 2.12. The normalized spacial score (nSPS) is 10.2. The first-order valence-corrected chi connectivity index (χ1v) is 6.39. The van der Waals surface area contributed by atoms with E-state index < -0.39 is 0 Å². The molecule has 0 bridgehead atoms. The average molecular weight is 246 g/mol. The van der Waals surface area contributed by atoms with Gasteiger partial charge in [0.25, 0.3) is 0 Å². The summed E-state index contributed by atoms with van der Waals surface area (Å²) in [5.74, 6) is 0.0108. The summed E-state index contributed by atoms with van der Waals surface area (Å²) in [5.41, 5.74) is 1.64. The molecule has 0 aliphatic rings. The van der Waals surface area contributed by atoms with Gasteiger partial charge < -0.3 is 4.90 Å².